The van der Waals surface area contributed by atoms with Crippen LogP contribution in [0.4, 0.5) is 0 Å². The summed E-state index contributed by atoms with van der Waals surface area (Å²) in [5.41, 5.74) is 80.4. The molecule has 27 nitrogen and oxygen atoms in total. The minimum absolute atomic E-state index is 0.616. The largest absolute Gasteiger partial charge is 0.0935 e. The molecule has 6 unspecified atom stereocenters. The van der Waals surface area contributed by atoms with E-state index in [-0.39, 0.29) is 0 Å². The first-order valence-corrected chi connectivity index (χ1v) is 8.86. The van der Waals surface area contributed by atoms with Crippen LogP contribution in [0, 0.1) is 0 Å². The smallest absolute Gasteiger partial charge is 0.0550 e. The summed E-state index contributed by atoms with van der Waals surface area (Å²) in [6.45, 7) is -1.23. The maximum absolute atomic E-state index is 9.15. The van der Waals surface area contributed by atoms with Gasteiger partial charge in [-0.05, 0) is 49.8 Å². The van der Waals surface area contributed by atoms with Crippen molar-refractivity contribution in [2.75, 3.05) is 13.1 Å². The Bertz CT molecular complexity index is 1100. The predicted octanol–water partition coefficient (Wildman–Crippen LogP) is 6.36. The summed E-state index contributed by atoms with van der Waals surface area (Å²) < 4.78 is 0. The van der Waals surface area contributed by atoms with E-state index < -0.39 is 55.4 Å². The van der Waals surface area contributed by atoms with Gasteiger partial charge >= 0.3 is 0 Å². The first-order chi connectivity index (χ1) is 17.5. The predicted molar refractivity (Wildman–Crippen MR) is 119 cm³/mol. The van der Waals surface area contributed by atoms with Crippen molar-refractivity contribution in [2.24, 2.45) is 46.0 Å². The highest BCUT2D eigenvalue weighted by Gasteiger charge is 2.41. The molecule has 27 heteroatoms. The van der Waals surface area contributed by atoms with Crippen molar-refractivity contribution in [3.8, 4) is 0 Å². The van der Waals surface area contributed by atoms with E-state index in [1.165, 1.54) is 0 Å². The molecule has 0 heterocycles. The first-order valence-electron chi connectivity index (χ1n) is 8.86. The van der Waals surface area contributed by atoms with Gasteiger partial charge in [-0.25, -0.2) is 0 Å². The van der Waals surface area contributed by atoms with Gasteiger partial charge < -0.3 is 0 Å². The van der Waals surface area contributed by atoms with Gasteiger partial charge in [-0.3, -0.25) is 0 Å². The number of nitrogens with zero attached hydrogens (tertiary/aromatic N) is 27. The van der Waals surface area contributed by atoms with E-state index >= 15 is 0 Å². The zero-order valence-corrected chi connectivity index (χ0v) is 17.5. The molecule has 0 aliphatic rings. The molecule has 36 heavy (non-hydrogen) atoms. The van der Waals surface area contributed by atoms with Crippen molar-refractivity contribution in [3.63, 3.8) is 0 Å². The Morgan fingerprint density at radius 2 is 0.583 bits per heavy atom. The van der Waals surface area contributed by atoms with Gasteiger partial charge in [0.1, 0.15) is 0 Å². The van der Waals surface area contributed by atoms with E-state index in [4.69, 9.17) is 49.8 Å². The molecule has 182 valence electrons. The Hall–Kier alpha value is -6.21. The van der Waals surface area contributed by atoms with Crippen LogP contribution in [0.1, 0.15) is 0 Å². The molecule has 0 spiro atoms. The molecule has 0 aliphatic heterocycles. The second kappa shape index (κ2) is 18.4. The van der Waals surface area contributed by atoms with Gasteiger partial charge in [0.15, 0.2) is 0 Å². The van der Waals surface area contributed by atoms with Crippen LogP contribution < -0.4 is 0 Å². The molecule has 0 radical (unpaired) electrons. The van der Waals surface area contributed by atoms with E-state index in [9.17, 15) is 0 Å². The van der Waals surface area contributed by atoms with Crippen LogP contribution in [0.25, 0.3) is 94.0 Å². The summed E-state index contributed by atoms with van der Waals surface area (Å²) in [6, 6.07) is -11.9. The lowest BCUT2D eigenvalue weighted by Crippen LogP contribution is -2.51. The highest BCUT2D eigenvalue weighted by atomic mass is 15.3. The fourth-order valence-corrected chi connectivity index (χ4v) is 2.86. The van der Waals surface area contributed by atoms with Gasteiger partial charge in [-0.2, -0.15) is 0 Å². The molecule has 0 N–H and O–H groups in total. The maximum Gasteiger partial charge on any atom is 0.0550 e. The topological polar surface area (TPSA) is 439 Å². The number of hydrogen-bond donors (Lipinski definition) is 0. The van der Waals surface area contributed by atoms with E-state index in [0.717, 1.165) is 0 Å². The summed E-state index contributed by atoms with van der Waals surface area (Å²) >= 11 is 0. The lowest BCUT2D eigenvalue weighted by molar-refractivity contribution is 0.316. The number of rotatable bonds is 17. The molecule has 0 bridgehead atoms. The molecule has 0 amide bonds. The monoisotopic (exact) mass is 497 g/mol. The molecule has 6 atom stereocenters. The lowest BCUT2D eigenvalue weighted by Gasteiger charge is -2.34. The summed E-state index contributed by atoms with van der Waals surface area (Å²) in [4.78, 5) is 22.9. The van der Waals surface area contributed by atoms with Crippen LogP contribution in [0.5, 0.6) is 0 Å². The van der Waals surface area contributed by atoms with Crippen molar-refractivity contribution >= 4 is 0 Å². The quantitative estimate of drug-likeness (QED) is 0.120. The van der Waals surface area contributed by atoms with Crippen LogP contribution >= 0.6 is 0 Å². The molecule has 0 aromatic rings. The Labute approximate surface area is 196 Å². The molecule has 0 saturated carbocycles. The minimum atomic E-state index is -1.85. The zero-order valence-electron chi connectivity index (χ0n) is 17.5. The molecular formula is C9H11N27. The summed E-state index contributed by atoms with van der Waals surface area (Å²) in [7, 11) is 0. The highest BCUT2D eigenvalue weighted by molar-refractivity contribution is 5.09. The Morgan fingerprint density at radius 1 is 0.333 bits per heavy atom. The van der Waals surface area contributed by atoms with Gasteiger partial charge in [0.2, 0.25) is 0 Å². The maximum atomic E-state index is 9.15. The fourth-order valence-electron chi connectivity index (χ4n) is 2.86. The molecule has 0 saturated heterocycles. The van der Waals surface area contributed by atoms with Gasteiger partial charge in [-0.15, -0.1) is 0 Å². The van der Waals surface area contributed by atoms with E-state index in [1.54, 1.807) is 0 Å². The fraction of sp³-hybridized carbons (Fsp3) is 1.00. The van der Waals surface area contributed by atoms with Crippen molar-refractivity contribution in [2.45, 2.75) is 42.3 Å². The van der Waals surface area contributed by atoms with Gasteiger partial charge in [0.05, 0.1) is 42.3 Å². The molecule has 0 fully saturated rings. The van der Waals surface area contributed by atoms with Gasteiger partial charge in [0.25, 0.3) is 0 Å². The standard InChI is InChI=1S/C9H11N27/c10-28-19-1-3(21-30-12)5(23-32-14)7(25-34-16)9(27-36-18)8(26-35-17)6(24-33-15)4(22-31-13)2-20-29-11/h3-9H,1-2H2. The minimum Gasteiger partial charge on any atom is -0.0935 e. The SMILES string of the molecule is [N-]=[N+]=NCC(N=[N+]=[N-])C(N=[N+]=[N-])C(N=[N+]=[N-])C(N=[N+]=[N-])C(N=[N+]=[N-])C(N=[N+]=[N-])C(CN=[N+]=[N-])N=[N+]=[N-]. The van der Waals surface area contributed by atoms with E-state index in [1.807, 2.05) is 0 Å². The molecule has 0 rings (SSSR count). The number of hydrogen-bond acceptors (Lipinski definition) is 9. The Balaban J connectivity index is 7.30. The van der Waals surface area contributed by atoms with Crippen LogP contribution in [0.15, 0.2) is 46.0 Å². The molecular weight excluding hydrogens is 486 g/mol. The third kappa shape index (κ3) is 9.11. The lowest BCUT2D eigenvalue weighted by atomic mass is 9.86. The second-order valence-electron chi connectivity index (χ2n) is 5.85. The van der Waals surface area contributed by atoms with Crippen molar-refractivity contribution < 1.29 is 0 Å². The second-order valence-corrected chi connectivity index (χ2v) is 5.85. The first kappa shape index (κ1) is 29.8. The van der Waals surface area contributed by atoms with Gasteiger partial charge in [-0.1, -0.05) is 46.0 Å². The zero-order chi connectivity index (χ0) is 27.2. The summed E-state index contributed by atoms with van der Waals surface area (Å²) in [5.74, 6) is 0. The third-order valence-corrected chi connectivity index (χ3v) is 4.18. The van der Waals surface area contributed by atoms with E-state index in [2.05, 4.69) is 90.2 Å². The van der Waals surface area contributed by atoms with Crippen LogP contribution in [-0.4, -0.2) is 55.4 Å². The normalized spacial score (nSPS) is 14.7. The van der Waals surface area contributed by atoms with Crippen LogP contribution in [-0.2, 0) is 0 Å². The van der Waals surface area contributed by atoms with Crippen LogP contribution in [0.2, 0.25) is 0 Å². The molecule has 0 aromatic carbocycles. The van der Waals surface area contributed by atoms with Gasteiger partial charge in [0, 0.05) is 57.3 Å². The molecule has 0 aliphatic carbocycles. The number of azide groups is 9. The third-order valence-electron chi connectivity index (χ3n) is 4.18. The Kier molecular flexibility index (Phi) is 15.2. The van der Waals surface area contributed by atoms with Crippen molar-refractivity contribution in [3.05, 3.63) is 94.0 Å². The van der Waals surface area contributed by atoms with Crippen molar-refractivity contribution in [1.82, 2.24) is 0 Å². The Morgan fingerprint density at radius 3 is 0.833 bits per heavy atom. The summed E-state index contributed by atoms with van der Waals surface area (Å²) in [6.07, 6.45) is 0. The summed E-state index contributed by atoms with van der Waals surface area (Å²) in [5, 5.41) is 30.2. The average molecular weight is 497 g/mol. The average Bonchev–Trinajstić information content (AvgIpc) is 2.88. The molecule has 0 aromatic heterocycles. The highest BCUT2D eigenvalue weighted by Crippen LogP contribution is 2.28. The van der Waals surface area contributed by atoms with E-state index in [0.29, 0.717) is 0 Å². The van der Waals surface area contributed by atoms with Crippen molar-refractivity contribution in [1.29, 1.82) is 0 Å². The van der Waals surface area contributed by atoms with Crippen LogP contribution in [0.3, 0.4) is 0 Å².